The molecule has 90 valence electrons. The largest absolute Gasteiger partial charge is 0.394 e. The number of quaternary nitrogens is 1. The van der Waals surface area contributed by atoms with Crippen molar-refractivity contribution in [3.05, 3.63) is 24.0 Å². The smallest absolute Gasteiger partial charge is 0.250 e. The van der Waals surface area contributed by atoms with Crippen LogP contribution in [-0.4, -0.2) is 35.4 Å². The number of aliphatic hydroxyl groups is 2. The predicted molar refractivity (Wildman–Crippen MR) is 59.2 cm³/mol. The summed E-state index contributed by atoms with van der Waals surface area (Å²) in [5, 5.41) is 17.8. The Bertz CT molecular complexity index is 300. The molecule has 0 spiro atoms. The van der Waals surface area contributed by atoms with Crippen LogP contribution in [0.2, 0.25) is 0 Å². The Kier molecular flexibility index (Phi) is 5.18. The molecule has 1 rings (SSSR count). The topological polar surface area (TPSA) is 88.0 Å². The number of carbonyl (C=O) groups is 1. The number of nitrogens with two attached hydrogens (primary N) is 1. The van der Waals surface area contributed by atoms with Gasteiger partial charge in [0.2, 0.25) is 5.91 Å². The van der Waals surface area contributed by atoms with Gasteiger partial charge in [0, 0.05) is 6.42 Å². The van der Waals surface area contributed by atoms with Crippen LogP contribution in [0.25, 0.3) is 0 Å². The second kappa shape index (κ2) is 6.42. The van der Waals surface area contributed by atoms with Gasteiger partial charge in [-0.2, -0.15) is 0 Å². The molecule has 1 aliphatic rings. The number of hydrogen-bond donors (Lipinski definition) is 4. The molecule has 1 amide bonds. The van der Waals surface area contributed by atoms with Crippen molar-refractivity contribution in [1.82, 2.24) is 0 Å². The van der Waals surface area contributed by atoms with Crippen LogP contribution in [0.1, 0.15) is 19.3 Å². The van der Waals surface area contributed by atoms with Gasteiger partial charge in [0.25, 0.3) is 0 Å². The molecule has 0 radical (unpaired) electrons. The van der Waals surface area contributed by atoms with E-state index in [1.165, 1.54) is 0 Å². The third-order valence-corrected chi connectivity index (χ3v) is 2.56. The van der Waals surface area contributed by atoms with E-state index in [0.29, 0.717) is 18.4 Å². The van der Waals surface area contributed by atoms with Crippen LogP contribution in [0.5, 0.6) is 0 Å². The Balaban J connectivity index is 2.34. The van der Waals surface area contributed by atoms with Gasteiger partial charge in [-0.05, 0) is 18.9 Å². The summed E-state index contributed by atoms with van der Waals surface area (Å²) in [7, 11) is 0. The third kappa shape index (κ3) is 4.14. The second-order valence-electron chi connectivity index (χ2n) is 3.94. The Morgan fingerprint density at radius 2 is 2.38 bits per heavy atom. The molecule has 1 aliphatic heterocycles. The van der Waals surface area contributed by atoms with Gasteiger partial charge in [0.05, 0.1) is 31.0 Å². The number of carbonyl (C=O) groups excluding carboxylic acids is 1. The molecule has 0 aromatic carbocycles. The lowest BCUT2D eigenvalue weighted by Crippen LogP contribution is -3.03. The Morgan fingerprint density at radius 3 is 3.00 bits per heavy atom. The number of aliphatic hydroxyl groups excluding tert-OH is 2. The van der Waals surface area contributed by atoms with E-state index < -0.39 is 6.10 Å². The average Bonchev–Trinajstić information content (AvgIpc) is 2.29. The molecule has 2 atom stereocenters. The summed E-state index contributed by atoms with van der Waals surface area (Å²) < 4.78 is 0. The van der Waals surface area contributed by atoms with Crippen molar-refractivity contribution in [1.29, 1.82) is 0 Å². The van der Waals surface area contributed by atoms with E-state index in [2.05, 4.69) is 0 Å². The fourth-order valence-electron chi connectivity index (χ4n) is 1.63. The highest BCUT2D eigenvalue weighted by Gasteiger charge is 2.14. The molecule has 5 nitrogen and oxygen atoms in total. The van der Waals surface area contributed by atoms with E-state index in [1.807, 2.05) is 18.5 Å². The van der Waals surface area contributed by atoms with E-state index in [-0.39, 0.29) is 12.5 Å². The summed E-state index contributed by atoms with van der Waals surface area (Å²) in [6.07, 6.45) is 6.99. The molecule has 0 saturated heterocycles. The Labute approximate surface area is 94.9 Å². The minimum absolute atomic E-state index is 0.201. The standard InChI is InChI=1S/C11H18N2O3/c12-11(16)9-3-1-5-13(7-9)6-2-4-10(15)8-14/h1,5,7,10,14-15H,2-4,6,8H2,(H2,12,16)/p+1/t10-/m0/s1. The summed E-state index contributed by atoms with van der Waals surface area (Å²) in [6, 6.07) is 0. The van der Waals surface area contributed by atoms with E-state index in [1.54, 1.807) is 0 Å². The summed E-state index contributed by atoms with van der Waals surface area (Å²) >= 11 is 0. The van der Waals surface area contributed by atoms with Gasteiger partial charge in [0.1, 0.15) is 6.20 Å². The zero-order chi connectivity index (χ0) is 12.0. The van der Waals surface area contributed by atoms with E-state index in [0.717, 1.165) is 17.9 Å². The van der Waals surface area contributed by atoms with Crippen LogP contribution >= 0.6 is 0 Å². The monoisotopic (exact) mass is 227 g/mol. The minimum Gasteiger partial charge on any atom is -0.394 e. The van der Waals surface area contributed by atoms with Crippen LogP contribution in [0.4, 0.5) is 0 Å². The van der Waals surface area contributed by atoms with Crippen molar-refractivity contribution < 1.29 is 19.9 Å². The summed E-state index contributed by atoms with van der Waals surface area (Å²) in [6.45, 7) is 0.581. The fraction of sp³-hybridized carbons (Fsp3) is 0.545. The summed E-state index contributed by atoms with van der Waals surface area (Å²) in [5.74, 6) is -0.378. The van der Waals surface area contributed by atoms with Crippen LogP contribution in [0.3, 0.4) is 0 Å². The second-order valence-corrected chi connectivity index (χ2v) is 3.94. The first-order chi connectivity index (χ1) is 7.63. The number of nitrogens with one attached hydrogen (secondary N) is 1. The number of primary amides is 1. The maximum Gasteiger partial charge on any atom is 0.250 e. The zero-order valence-corrected chi connectivity index (χ0v) is 9.22. The minimum atomic E-state index is -0.646. The molecular formula is C11H19N2O3+. The summed E-state index contributed by atoms with van der Waals surface area (Å²) in [5.41, 5.74) is 5.83. The number of amides is 1. The van der Waals surface area contributed by atoms with E-state index in [4.69, 9.17) is 15.9 Å². The number of allylic oxidation sites excluding steroid dienone is 1. The lowest BCUT2D eigenvalue weighted by Gasteiger charge is -2.15. The quantitative estimate of drug-likeness (QED) is 0.436. The molecule has 0 aliphatic carbocycles. The summed E-state index contributed by atoms with van der Waals surface area (Å²) in [4.78, 5) is 12.0. The first kappa shape index (κ1) is 12.9. The van der Waals surface area contributed by atoms with Crippen molar-refractivity contribution >= 4 is 5.91 Å². The van der Waals surface area contributed by atoms with E-state index in [9.17, 15) is 4.79 Å². The lowest BCUT2D eigenvalue weighted by atomic mass is 10.1. The molecule has 0 aromatic heterocycles. The van der Waals surface area contributed by atoms with Gasteiger partial charge in [-0.3, -0.25) is 9.69 Å². The van der Waals surface area contributed by atoms with Crippen molar-refractivity contribution in [2.24, 2.45) is 5.73 Å². The van der Waals surface area contributed by atoms with Crippen LogP contribution in [0.15, 0.2) is 24.0 Å². The van der Waals surface area contributed by atoms with Gasteiger partial charge < -0.3 is 15.9 Å². The van der Waals surface area contributed by atoms with Gasteiger partial charge >= 0.3 is 0 Å². The molecular weight excluding hydrogens is 208 g/mol. The molecule has 16 heavy (non-hydrogen) atoms. The SMILES string of the molecule is NC(=O)C1=C[NH+](CCC[C@H](O)CO)C=CC1. The average molecular weight is 227 g/mol. The van der Waals surface area contributed by atoms with Crippen LogP contribution < -0.4 is 10.6 Å². The highest BCUT2D eigenvalue weighted by Crippen LogP contribution is 2.01. The third-order valence-electron chi connectivity index (χ3n) is 2.56. The number of hydrogen-bond acceptors (Lipinski definition) is 3. The van der Waals surface area contributed by atoms with Crippen LogP contribution in [0, 0.1) is 0 Å². The first-order valence-corrected chi connectivity index (χ1v) is 5.45. The predicted octanol–water partition coefficient (Wildman–Crippen LogP) is -1.71. The van der Waals surface area contributed by atoms with Gasteiger partial charge in [-0.15, -0.1) is 0 Å². The van der Waals surface area contributed by atoms with Crippen molar-refractivity contribution in [2.75, 3.05) is 13.2 Å². The maximum absolute atomic E-state index is 11.0. The molecule has 5 heteroatoms. The fourth-order valence-corrected chi connectivity index (χ4v) is 1.63. The highest BCUT2D eigenvalue weighted by atomic mass is 16.3. The molecule has 1 unspecified atom stereocenters. The molecule has 0 aromatic rings. The number of rotatable bonds is 6. The first-order valence-electron chi connectivity index (χ1n) is 5.45. The Morgan fingerprint density at radius 1 is 1.62 bits per heavy atom. The van der Waals surface area contributed by atoms with Gasteiger partial charge in [-0.1, -0.05) is 0 Å². The van der Waals surface area contributed by atoms with Crippen molar-refractivity contribution in [2.45, 2.75) is 25.4 Å². The lowest BCUT2D eigenvalue weighted by molar-refractivity contribution is -0.792. The molecule has 0 saturated carbocycles. The van der Waals surface area contributed by atoms with Crippen molar-refractivity contribution in [3.63, 3.8) is 0 Å². The van der Waals surface area contributed by atoms with E-state index >= 15 is 0 Å². The van der Waals surface area contributed by atoms with Crippen molar-refractivity contribution in [3.8, 4) is 0 Å². The Hall–Kier alpha value is -1.17. The van der Waals surface area contributed by atoms with Crippen LogP contribution in [-0.2, 0) is 4.79 Å². The van der Waals surface area contributed by atoms with Gasteiger partial charge in [-0.25, -0.2) is 0 Å². The molecule has 0 fully saturated rings. The molecule has 1 heterocycles. The highest BCUT2D eigenvalue weighted by molar-refractivity contribution is 5.91. The molecule has 0 bridgehead atoms. The zero-order valence-electron chi connectivity index (χ0n) is 9.22. The molecule has 5 N–H and O–H groups in total. The normalized spacial score (nSPS) is 21.6. The van der Waals surface area contributed by atoms with Gasteiger partial charge in [0.15, 0.2) is 0 Å². The maximum atomic E-state index is 11.0.